The summed E-state index contributed by atoms with van der Waals surface area (Å²) in [5.41, 5.74) is -1.18. The summed E-state index contributed by atoms with van der Waals surface area (Å²) in [6.07, 6.45) is 13.0. The van der Waals surface area contributed by atoms with Gasteiger partial charge in [-0.2, -0.15) is 5.26 Å². The molecule has 0 aromatic rings. The third-order valence-electron chi connectivity index (χ3n) is 6.51. The Morgan fingerprint density at radius 2 is 1.67 bits per heavy atom. The van der Waals surface area contributed by atoms with Crippen molar-refractivity contribution in [1.29, 1.82) is 5.26 Å². The fourth-order valence-electron chi connectivity index (χ4n) is 4.83. The molecule has 2 aliphatic carbocycles. The minimum Gasteiger partial charge on any atom is -0.388 e. The number of nitrogens with zero attached hydrogens (tertiary/aromatic N) is 1. The first kappa shape index (κ1) is 16.8. The molecule has 0 heterocycles. The third kappa shape index (κ3) is 3.45. The Kier molecular flexibility index (Phi) is 5.72. The van der Waals surface area contributed by atoms with Crippen LogP contribution >= 0.6 is 0 Å². The van der Waals surface area contributed by atoms with Gasteiger partial charge in [0.25, 0.3) is 0 Å². The van der Waals surface area contributed by atoms with E-state index in [9.17, 15) is 10.4 Å². The van der Waals surface area contributed by atoms with Crippen molar-refractivity contribution in [2.45, 2.75) is 96.5 Å². The monoisotopic (exact) mass is 291 g/mol. The van der Waals surface area contributed by atoms with E-state index in [2.05, 4.69) is 19.9 Å². The third-order valence-corrected chi connectivity index (χ3v) is 6.51. The first-order valence-electron chi connectivity index (χ1n) is 9.23. The Morgan fingerprint density at radius 1 is 1.00 bits per heavy atom. The minimum absolute atomic E-state index is 0.459. The molecule has 0 radical (unpaired) electrons. The SMILES string of the molecule is CCCC1CCCC(O)(C2(C#N)CCC(CC)CC2)CC1. The lowest BCUT2D eigenvalue weighted by Crippen LogP contribution is -2.49. The molecule has 0 bridgehead atoms. The van der Waals surface area contributed by atoms with Gasteiger partial charge in [0.15, 0.2) is 0 Å². The molecule has 21 heavy (non-hydrogen) atoms. The van der Waals surface area contributed by atoms with Crippen molar-refractivity contribution in [2.75, 3.05) is 0 Å². The van der Waals surface area contributed by atoms with Gasteiger partial charge in [0, 0.05) is 0 Å². The predicted octanol–water partition coefficient (Wildman–Crippen LogP) is 5.21. The molecule has 2 unspecified atom stereocenters. The predicted molar refractivity (Wildman–Crippen MR) is 86.7 cm³/mol. The molecule has 1 N–H and O–H groups in total. The standard InChI is InChI=1S/C19H33NO/c1-3-6-17-7-5-11-19(21,14-10-17)18(15-20)12-8-16(4-2)9-13-18/h16-17,21H,3-14H2,1-2H3. The van der Waals surface area contributed by atoms with Gasteiger partial charge in [-0.25, -0.2) is 0 Å². The van der Waals surface area contributed by atoms with Crippen LogP contribution in [0.3, 0.4) is 0 Å². The van der Waals surface area contributed by atoms with Crippen molar-refractivity contribution in [3.63, 3.8) is 0 Å². The van der Waals surface area contributed by atoms with Gasteiger partial charge in [-0.05, 0) is 56.8 Å². The van der Waals surface area contributed by atoms with Crippen LogP contribution in [0, 0.1) is 28.6 Å². The highest BCUT2D eigenvalue weighted by molar-refractivity contribution is 5.13. The normalized spacial score (nSPS) is 41.2. The van der Waals surface area contributed by atoms with Crippen LogP contribution in [0.25, 0.3) is 0 Å². The molecular formula is C19H33NO. The largest absolute Gasteiger partial charge is 0.388 e. The van der Waals surface area contributed by atoms with Crippen molar-refractivity contribution in [3.8, 4) is 6.07 Å². The van der Waals surface area contributed by atoms with Crippen LogP contribution in [-0.4, -0.2) is 10.7 Å². The number of hydrogen-bond acceptors (Lipinski definition) is 2. The molecule has 2 atom stereocenters. The zero-order valence-electron chi connectivity index (χ0n) is 14.0. The maximum absolute atomic E-state index is 11.3. The lowest BCUT2D eigenvalue weighted by atomic mass is 9.59. The first-order chi connectivity index (χ1) is 10.1. The summed E-state index contributed by atoms with van der Waals surface area (Å²) >= 11 is 0. The highest BCUT2D eigenvalue weighted by Crippen LogP contribution is 2.52. The van der Waals surface area contributed by atoms with Crippen LogP contribution < -0.4 is 0 Å². The summed E-state index contributed by atoms with van der Waals surface area (Å²) in [5, 5.41) is 21.2. The number of aliphatic hydroxyl groups is 1. The fourth-order valence-corrected chi connectivity index (χ4v) is 4.83. The zero-order valence-corrected chi connectivity index (χ0v) is 14.0. The smallest absolute Gasteiger partial charge is 0.0860 e. The highest BCUT2D eigenvalue weighted by atomic mass is 16.3. The van der Waals surface area contributed by atoms with Crippen LogP contribution in [-0.2, 0) is 0 Å². The van der Waals surface area contributed by atoms with Gasteiger partial charge >= 0.3 is 0 Å². The molecule has 2 aliphatic rings. The molecule has 0 saturated heterocycles. The lowest BCUT2D eigenvalue weighted by molar-refractivity contribution is -0.0892. The molecule has 0 aromatic heterocycles. The van der Waals surface area contributed by atoms with E-state index in [0.29, 0.717) is 0 Å². The van der Waals surface area contributed by atoms with E-state index in [4.69, 9.17) is 0 Å². The van der Waals surface area contributed by atoms with Crippen molar-refractivity contribution in [2.24, 2.45) is 17.3 Å². The van der Waals surface area contributed by atoms with Gasteiger partial charge < -0.3 is 5.11 Å². The van der Waals surface area contributed by atoms with Gasteiger partial charge in [0.05, 0.1) is 17.1 Å². The summed E-state index contributed by atoms with van der Waals surface area (Å²) in [4.78, 5) is 0. The molecule has 120 valence electrons. The van der Waals surface area contributed by atoms with Crippen molar-refractivity contribution in [1.82, 2.24) is 0 Å². The van der Waals surface area contributed by atoms with E-state index in [-0.39, 0.29) is 0 Å². The van der Waals surface area contributed by atoms with E-state index in [0.717, 1.165) is 63.2 Å². The molecule has 0 spiro atoms. The van der Waals surface area contributed by atoms with E-state index in [1.807, 2.05) is 0 Å². The number of nitriles is 1. The second-order valence-electron chi connectivity index (χ2n) is 7.66. The van der Waals surface area contributed by atoms with Crippen molar-refractivity contribution in [3.05, 3.63) is 0 Å². The quantitative estimate of drug-likeness (QED) is 0.723. The second kappa shape index (κ2) is 7.14. The molecule has 2 fully saturated rings. The van der Waals surface area contributed by atoms with Crippen LogP contribution in [0.2, 0.25) is 0 Å². The molecule has 0 aliphatic heterocycles. The van der Waals surface area contributed by atoms with Crippen molar-refractivity contribution >= 4 is 0 Å². The molecule has 0 aromatic carbocycles. The Labute approximate surface area is 130 Å². The van der Waals surface area contributed by atoms with Crippen LogP contribution in [0.15, 0.2) is 0 Å². The Morgan fingerprint density at radius 3 is 2.24 bits per heavy atom. The van der Waals surface area contributed by atoms with Gasteiger partial charge in [-0.3, -0.25) is 0 Å². The van der Waals surface area contributed by atoms with Gasteiger partial charge in [0.1, 0.15) is 0 Å². The van der Waals surface area contributed by atoms with E-state index >= 15 is 0 Å². The number of hydrogen-bond donors (Lipinski definition) is 1. The zero-order chi connectivity index (χ0) is 15.3. The highest BCUT2D eigenvalue weighted by Gasteiger charge is 2.52. The Bertz CT molecular complexity index is 364. The average Bonchev–Trinajstić information content (AvgIpc) is 2.71. The molecule has 2 heteroatoms. The first-order valence-corrected chi connectivity index (χ1v) is 9.23. The van der Waals surface area contributed by atoms with E-state index in [1.54, 1.807) is 0 Å². The van der Waals surface area contributed by atoms with Crippen LogP contribution in [0.4, 0.5) is 0 Å². The minimum atomic E-state index is -0.719. The maximum Gasteiger partial charge on any atom is 0.0860 e. The second-order valence-corrected chi connectivity index (χ2v) is 7.66. The number of rotatable bonds is 4. The summed E-state index contributed by atoms with van der Waals surface area (Å²) in [6.45, 7) is 4.50. The van der Waals surface area contributed by atoms with Crippen LogP contribution in [0.5, 0.6) is 0 Å². The lowest BCUT2D eigenvalue weighted by Gasteiger charge is -2.46. The summed E-state index contributed by atoms with van der Waals surface area (Å²) in [5.74, 6) is 1.54. The van der Waals surface area contributed by atoms with E-state index in [1.165, 1.54) is 25.7 Å². The molecule has 2 nitrogen and oxygen atoms in total. The fraction of sp³-hybridized carbons (Fsp3) is 0.947. The molecule has 2 rings (SSSR count). The molecule has 0 amide bonds. The summed E-state index contributed by atoms with van der Waals surface area (Å²) in [6, 6.07) is 2.60. The Balaban J connectivity index is 2.08. The van der Waals surface area contributed by atoms with Gasteiger partial charge in [0.2, 0.25) is 0 Å². The average molecular weight is 291 g/mol. The van der Waals surface area contributed by atoms with Crippen LogP contribution in [0.1, 0.15) is 90.9 Å². The summed E-state index contributed by atoms with van der Waals surface area (Å²) < 4.78 is 0. The van der Waals surface area contributed by atoms with Gasteiger partial charge in [-0.15, -0.1) is 0 Å². The van der Waals surface area contributed by atoms with E-state index < -0.39 is 11.0 Å². The molecule has 2 saturated carbocycles. The molecular weight excluding hydrogens is 258 g/mol. The Hall–Kier alpha value is -0.550. The van der Waals surface area contributed by atoms with Gasteiger partial charge in [-0.1, -0.05) is 46.0 Å². The summed E-state index contributed by atoms with van der Waals surface area (Å²) in [7, 11) is 0. The maximum atomic E-state index is 11.3. The van der Waals surface area contributed by atoms with Crippen molar-refractivity contribution < 1.29 is 5.11 Å². The topological polar surface area (TPSA) is 44.0 Å².